The van der Waals surface area contributed by atoms with E-state index in [1.165, 1.54) is 23.4 Å². The van der Waals surface area contributed by atoms with Gasteiger partial charge in [-0.3, -0.25) is 9.69 Å². The van der Waals surface area contributed by atoms with Gasteiger partial charge < -0.3 is 15.8 Å². The second-order valence-electron chi connectivity index (χ2n) is 6.64. The number of fused-ring (bicyclic) bond motifs is 1. The number of rotatable bonds is 3. The molecule has 4 aliphatic heterocycles. The smallest absolute Gasteiger partial charge is 0.352 e. The Bertz CT molecular complexity index is 641. The van der Waals surface area contributed by atoms with E-state index in [2.05, 4.69) is 10.0 Å². The minimum Gasteiger partial charge on any atom is -0.477 e. The molecule has 3 saturated heterocycles. The number of nitrogens with two attached hydrogens (primary N) is 1. The predicted octanol–water partition coefficient (Wildman–Crippen LogP) is 0.558. The third-order valence-corrected chi connectivity index (χ3v) is 6.46. The first kappa shape index (κ1) is 16.0. The predicted molar refractivity (Wildman–Crippen MR) is 90.6 cm³/mol. The Morgan fingerprint density at radius 3 is 2.71 bits per heavy atom. The number of amides is 1. The lowest BCUT2D eigenvalue weighted by Crippen LogP contribution is -2.68. The third-order valence-electron chi connectivity index (χ3n) is 5.14. The zero-order valence-corrected chi connectivity index (χ0v) is 14.3. The number of hydrazine groups is 1. The summed E-state index contributed by atoms with van der Waals surface area (Å²) in [5.41, 5.74) is 7.81. The Hall–Kier alpha value is -1.51. The van der Waals surface area contributed by atoms with E-state index in [1.807, 2.05) is 6.08 Å². The van der Waals surface area contributed by atoms with Crippen LogP contribution in [0.15, 0.2) is 23.0 Å². The normalized spacial score (nSPS) is 32.5. The number of carboxylic acid groups (broad SMARTS) is 1. The van der Waals surface area contributed by atoms with Crippen molar-refractivity contribution in [1.82, 2.24) is 14.9 Å². The number of thioether (sulfide) groups is 1. The highest BCUT2D eigenvalue weighted by molar-refractivity contribution is 8.00. The van der Waals surface area contributed by atoms with Crippen molar-refractivity contribution in [3.8, 4) is 0 Å². The summed E-state index contributed by atoms with van der Waals surface area (Å²) in [6.07, 6.45) is 6.46. The molecule has 0 aromatic heterocycles. The number of hydrogen-bond acceptors (Lipinski definition) is 6. The SMILES string of the molecule is NC1C(=O)N2C(C(=O)O)=C(C=C3CCCN3N3CCCC3)CSC12. The van der Waals surface area contributed by atoms with Crippen LogP contribution in [0.4, 0.5) is 0 Å². The molecule has 0 bridgehead atoms. The highest BCUT2D eigenvalue weighted by atomic mass is 32.2. The molecular formula is C16H22N4O3S. The summed E-state index contributed by atoms with van der Waals surface area (Å²) in [4.78, 5) is 25.1. The fourth-order valence-electron chi connectivity index (χ4n) is 3.95. The average Bonchev–Trinajstić information content (AvgIpc) is 3.24. The van der Waals surface area contributed by atoms with Crippen LogP contribution in [0, 0.1) is 0 Å². The molecule has 2 atom stereocenters. The van der Waals surface area contributed by atoms with E-state index in [1.54, 1.807) is 11.8 Å². The van der Waals surface area contributed by atoms with Crippen molar-refractivity contribution in [2.75, 3.05) is 25.4 Å². The van der Waals surface area contributed by atoms with Crippen LogP contribution >= 0.6 is 11.8 Å². The molecule has 130 valence electrons. The van der Waals surface area contributed by atoms with Gasteiger partial charge in [-0.05, 0) is 37.3 Å². The van der Waals surface area contributed by atoms with Crippen LogP contribution in [-0.4, -0.2) is 68.7 Å². The fourth-order valence-corrected chi connectivity index (χ4v) is 5.20. The topological polar surface area (TPSA) is 90.1 Å². The van der Waals surface area contributed by atoms with Crippen molar-refractivity contribution in [2.45, 2.75) is 37.1 Å². The molecule has 3 N–H and O–H groups in total. The number of carbonyl (C=O) groups is 2. The van der Waals surface area contributed by atoms with Gasteiger partial charge in [0.15, 0.2) is 0 Å². The van der Waals surface area contributed by atoms with Crippen LogP contribution in [0.1, 0.15) is 25.7 Å². The van der Waals surface area contributed by atoms with Gasteiger partial charge in [0, 0.05) is 31.1 Å². The number of nitrogens with zero attached hydrogens (tertiary/aromatic N) is 3. The molecule has 0 aromatic rings. The Labute approximate surface area is 145 Å². The van der Waals surface area contributed by atoms with Crippen molar-refractivity contribution in [3.05, 3.63) is 23.0 Å². The maximum atomic E-state index is 12.0. The van der Waals surface area contributed by atoms with E-state index >= 15 is 0 Å². The van der Waals surface area contributed by atoms with Crippen molar-refractivity contribution in [3.63, 3.8) is 0 Å². The van der Waals surface area contributed by atoms with Crippen molar-refractivity contribution in [1.29, 1.82) is 0 Å². The fraction of sp³-hybridized carbons (Fsp3) is 0.625. The Morgan fingerprint density at radius 2 is 2.00 bits per heavy atom. The van der Waals surface area contributed by atoms with Gasteiger partial charge in [0.1, 0.15) is 17.1 Å². The maximum absolute atomic E-state index is 12.0. The van der Waals surface area contributed by atoms with Crippen LogP contribution in [0.25, 0.3) is 0 Å². The van der Waals surface area contributed by atoms with Crippen LogP contribution in [0.5, 0.6) is 0 Å². The van der Waals surface area contributed by atoms with Crippen molar-refractivity contribution >= 4 is 23.6 Å². The number of aliphatic carboxylic acids is 1. The van der Waals surface area contributed by atoms with Crippen molar-refractivity contribution in [2.24, 2.45) is 5.73 Å². The van der Waals surface area contributed by atoms with Gasteiger partial charge in [-0.2, -0.15) is 0 Å². The molecule has 2 unspecified atom stereocenters. The molecule has 4 heterocycles. The van der Waals surface area contributed by atoms with Crippen LogP contribution in [0.3, 0.4) is 0 Å². The van der Waals surface area contributed by atoms with Crippen molar-refractivity contribution < 1.29 is 14.7 Å². The second-order valence-corrected chi connectivity index (χ2v) is 7.74. The lowest BCUT2D eigenvalue weighted by atomic mass is 10.0. The van der Waals surface area contributed by atoms with Gasteiger partial charge in [0.05, 0.1) is 0 Å². The highest BCUT2D eigenvalue weighted by Crippen LogP contribution is 2.40. The quantitative estimate of drug-likeness (QED) is 0.719. The molecule has 0 spiro atoms. The summed E-state index contributed by atoms with van der Waals surface area (Å²) in [6, 6.07) is -0.578. The van der Waals surface area contributed by atoms with E-state index < -0.39 is 12.0 Å². The number of carbonyl (C=O) groups excluding carboxylic acids is 1. The van der Waals surface area contributed by atoms with Gasteiger partial charge in [-0.15, -0.1) is 11.8 Å². The van der Waals surface area contributed by atoms with E-state index in [0.717, 1.165) is 38.0 Å². The highest BCUT2D eigenvalue weighted by Gasteiger charge is 2.51. The molecule has 24 heavy (non-hydrogen) atoms. The largest absolute Gasteiger partial charge is 0.477 e. The number of β-lactam (4-membered cyclic amide) rings is 1. The summed E-state index contributed by atoms with van der Waals surface area (Å²) >= 11 is 1.55. The van der Waals surface area contributed by atoms with Gasteiger partial charge >= 0.3 is 5.97 Å². The molecule has 3 fully saturated rings. The standard InChI is InChI=1S/C16H22N4O3S/c17-12-14(21)20-13(16(22)23)10(9-24-15(12)20)8-11-4-3-7-19(11)18-5-1-2-6-18/h8,12,15H,1-7,9,17H2,(H,22,23). The molecule has 4 rings (SSSR count). The first-order valence-electron chi connectivity index (χ1n) is 8.47. The minimum absolute atomic E-state index is 0.117. The number of allylic oxidation sites excluding steroid dienone is 2. The molecule has 0 aromatic carbocycles. The molecule has 7 nitrogen and oxygen atoms in total. The molecule has 0 radical (unpaired) electrons. The number of hydrogen-bond donors (Lipinski definition) is 2. The van der Waals surface area contributed by atoms with Crippen LogP contribution < -0.4 is 5.73 Å². The van der Waals surface area contributed by atoms with Gasteiger partial charge in [0.25, 0.3) is 0 Å². The summed E-state index contributed by atoms with van der Waals surface area (Å²) in [5.74, 6) is -0.748. The summed E-state index contributed by atoms with van der Waals surface area (Å²) in [7, 11) is 0. The second kappa shape index (κ2) is 6.09. The van der Waals surface area contributed by atoms with E-state index in [4.69, 9.17) is 5.73 Å². The molecule has 0 saturated carbocycles. The van der Waals surface area contributed by atoms with E-state index in [-0.39, 0.29) is 17.0 Å². The zero-order chi connectivity index (χ0) is 16.8. The average molecular weight is 350 g/mol. The first-order valence-corrected chi connectivity index (χ1v) is 9.52. The molecule has 1 amide bonds. The van der Waals surface area contributed by atoms with E-state index in [0.29, 0.717) is 5.75 Å². The molecule has 0 aliphatic carbocycles. The van der Waals surface area contributed by atoms with Crippen LogP contribution in [-0.2, 0) is 9.59 Å². The van der Waals surface area contributed by atoms with Gasteiger partial charge in [-0.1, -0.05) is 0 Å². The van der Waals surface area contributed by atoms with E-state index in [9.17, 15) is 14.7 Å². The Balaban J connectivity index is 1.66. The first-order chi connectivity index (χ1) is 11.6. The molecule has 4 aliphatic rings. The molecule has 8 heteroatoms. The Morgan fingerprint density at radius 1 is 1.25 bits per heavy atom. The lowest BCUT2D eigenvalue weighted by Gasteiger charge is -2.47. The third kappa shape index (κ3) is 2.44. The monoisotopic (exact) mass is 350 g/mol. The zero-order valence-electron chi connectivity index (χ0n) is 13.5. The summed E-state index contributed by atoms with van der Waals surface area (Å²) in [5, 5.41) is 14.1. The van der Waals surface area contributed by atoms with Crippen LogP contribution in [0.2, 0.25) is 0 Å². The minimum atomic E-state index is -1.04. The summed E-state index contributed by atoms with van der Waals surface area (Å²) in [6.45, 7) is 3.13. The summed E-state index contributed by atoms with van der Waals surface area (Å²) < 4.78 is 0. The van der Waals surface area contributed by atoms with Gasteiger partial charge in [0.2, 0.25) is 5.91 Å². The maximum Gasteiger partial charge on any atom is 0.352 e. The molecular weight excluding hydrogens is 328 g/mol. The lowest BCUT2D eigenvalue weighted by molar-refractivity contribution is -0.147. The van der Waals surface area contributed by atoms with Gasteiger partial charge in [-0.25, -0.2) is 9.80 Å². The Kier molecular flexibility index (Phi) is 4.06. The number of carboxylic acids is 1.